The number of fused-ring (bicyclic) bond motifs is 1. The lowest BCUT2D eigenvalue weighted by Crippen LogP contribution is -2.61. The quantitative estimate of drug-likeness (QED) is 0.418. The fourth-order valence-corrected chi connectivity index (χ4v) is 4.61. The number of nitrogens with one attached hydrogen (secondary N) is 2. The van der Waals surface area contributed by atoms with Gasteiger partial charge in [-0.3, -0.25) is 19.6 Å². The summed E-state index contributed by atoms with van der Waals surface area (Å²) < 4.78 is 15.8. The van der Waals surface area contributed by atoms with Crippen molar-refractivity contribution in [2.45, 2.75) is 10.9 Å². The molecule has 2 N–H and O–H groups in total. The maximum absolute atomic E-state index is 12.8. The third kappa shape index (κ3) is 4.57. The molecule has 0 aliphatic carbocycles. The van der Waals surface area contributed by atoms with Crippen LogP contribution in [0.4, 0.5) is 5.69 Å². The van der Waals surface area contributed by atoms with E-state index in [1.54, 1.807) is 59.8 Å². The van der Waals surface area contributed by atoms with Crippen molar-refractivity contribution in [3.05, 3.63) is 96.4 Å². The van der Waals surface area contributed by atoms with Crippen LogP contribution >= 0.6 is 0 Å². The van der Waals surface area contributed by atoms with Crippen LogP contribution in [0.15, 0.2) is 90.1 Å². The Morgan fingerprint density at radius 2 is 1.68 bits per heavy atom. The van der Waals surface area contributed by atoms with Gasteiger partial charge in [-0.1, -0.05) is 24.3 Å². The second kappa shape index (κ2) is 9.50. The number of para-hydroxylation sites is 1. The molecule has 2 amide bonds. The van der Waals surface area contributed by atoms with Gasteiger partial charge in [0.2, 0.25) is 0 Å². The molecule has 1 saturated heterocycles. The van der Waals surface area contributed by atoms with Gasteiger partial charge in [-0.05, 0) is 48.5 Å². The molecule has 2 aromatic heterocycles. The molecular weight excluding hydrogens is 450 g/mol. The van der Waals surface area contributed by atoms with Crippen LogP contribution in [-0.2, 0) is 11.4 Å². The van der Waals surface area contributed by atoms with Crippen LogP contribution in [0.2, 0.25) is 0 Å². The van der Waals surface area contributed by atoms with Crippen LogP contribution in [0.25, 0.3) is 10.9 Å². The Bertz CT molecular complexity index is 1320. The van der Waals surface area contributed by atoms with Crippen molar-refractivity contribution >= 4 is 39.8 Å². The van der Waals surface area contributed by atoms with E-state index in [2.05, 4.69) is 20.0 Å². The molecule has 1 atom stereocenters. The molecule has 2 aromatic carbocycles. The molecule has 1 unspecified atom stereocenters. The number of pyridine rings is 2. The lowest BCUT2D eigenvalue weighted by Gasteiger charge is -2.39. The molecule has 170 valence electrons. The van der Waals surface area contributed by atoms with Gasteiger partial charge in [0.05, 0.1) is 11.6 Å². The maximum atomic E-state index is 12.8. The number of benzene rings is 2. The van der Waals surface area contributed by atoms with Crippen molar-refractivity contribution in [3.8, 4) is 0 Å². The zero-order valence-corrected chi connectivity index (χ0v) is 18.9. The van der Waals surface area contributed by atoms with E-state index in [0.29, 0.717) is 34.9 Å². The number of nitrogens with zero attached hydrogens (tertiary/aromatic N) is 3. The summed E-state index contributed by atoms with van der Waals surface area (Å²) in [6.45, 7) is 0.863. The highest BCUT2D eigenvalue weighted by Gasteiger charge is 2.32. The van der Waals surface area contributed by atoms with Gasteiger partial charge in [0.1, 0.15) is 22.7 Å². The van der Waals surface area contributed by atoms with Crippen LogP contribution in [0, 0.1) is 0 Å². The van der Waals surface area contributed by atoms with Crippen molar-refractivity contribution < 1.29 is 14.1 Å². The number of aromatic nitrogens is 2. The summed E-state index contributed by atoms with van der Waals surface area (Å²) in [7, 11) is 0. The van der Waals surface area contributed by atoms with E-state index in [4.69, 9.17) is 0 Å². The lowest BCUT2D eigenvalue weighted by atomic mass is 10.1. The van der Waals surface area contributed by atoms with Crippen LogP contribution in [0.3, 0.4) is 0 Å². The van der Waals surface area contributed by atoms with Gasteiger partial charge in [-0.15, -0.1) is 0 Å². The van der Waals surface area contributed by atoms with Crippen LogP contribution in [0.1, 0.15) is 20.8 Å². The first-order valence-corrected chi connectivity index (χ1v) is 11.9. The summed E-state index contributed by atoms with van der Waals surface area (Å²) in [5.74, 6) is -0.384. The topological polar surface area (TPSA) is 110 Å². The van der Waals surface area contributed by atoms with E-state index in [-0.39, 0.29) is 17.9 Å². The number of likely N-dealkylation sites (tertiary alicyclic amines) is 1. The third-order valence-corrected chi connectivity index (χ3v) is 6.66. The first-order chi connectivity index (χ1) is 16.6. The maximum Gasteiger partial charge on any atom is 0.270 e. The largest absolute Gasteiger partial charge is 0.588 e. The summed E-state index contributed by atoms with van der Waals surface area (Å²) in [4.78, 5) is 35.5. The smallest absolute Gasteiger partial charge is 0.270 e. The summed E-state index contributed by atoms with van der Waals surface area (Å²) in [5.41, 5.74) is 2.27. The number of hydrogen-bond acceptors (Lipinski definition) is 6. The SMILES string of the molecule is O=C(NC1CN(C(=O)c2ccc([S+]([O-])Nc3cccc4cccnc34)cc2)C1)c1ccccn1. The molecule has 9 heteroatoms. The fourth-order valence-electron chi connectivity index (χ4n) is 3.74. The molecule has 1 aliphatic rings. The van der Waals surface area contributed by atoms with Crippen molar-refractivity contribution in [2.24, 2.45) is 0 Å². The Balaban J connectivity index is 1.17. The number of rotatable bonds is 6. The first kappa shape index (κ1) is 21.9. The molecule has 0 bridgehead atoms. The predicted octanol–water partition coefficient (Wildman–Crippen LogP) is 3.02. The number of amides is 2. The number of carbonyl (C=O) groups is 2. The van der Waals surface area contributed by atoms with Crippen molar-refractivity contribution in [3.63, 3.8) is 0 Å². The van der Waals surface area contributed by atoms with Crippen molar-refractivity contribution in [1.29, 1.82) is 0 Å². The Morgan fingerprint density at radius 1 is 0.912 bits per heavy atom. The number of hydrogen-bond donors (Lipinski definition) is 2. The van der Waals surface area contributed by atoms with Crippen molar-refractivity contribution in [2.75, 3.05) is 17.8 Å². The average molecular weight is 472 g/mol. The highest BCUT2D eigenvalue weighted by molar-refractivity contribution is 7.92. The van der Waals surface area contributed by atoms with E-state index in [0.717, 1.165) is 10.9 Å². The van der Waals surface area contributed by atoms with Gasteiger partial charge >= 0.3 is 0 Å². The predicted molar refractivity (Wildman–Crippen MR) is 130 cm³/mol. The second-order valence-corrected chi connectivity index (χ2v) is 9.08. The molecule has 0 spiro atoms. The molecule has 0 radical (unpaired) electrons. The van der Waals surface area contributed by atoms with E-state index >= 15 is 0 Å². The average Bonchev–Trinajstić information content (AvgIpc) is 2.86. The number of carbonyl (C=O) groups excluding carboxylic acids is 2. The van der Waals surface area contributed by atoms with Gasteiger partial charge in [-0.25, -0.2) is 4.72 Å². The van der Waals surface area contributed by atoms with Crippen LogP contribution < -0.4 is 10.0 Å². The van der Waals surface area contributed by atoms with Crippen LogP contribution in [-0.4, -0.2) is 50.4 Å². The summed E-state index contributed by atoms with van der Waals surface area (Å²) in [6.07, 6.45) is 3.26. The van der Waals surface area contributed by atoms with Crippen LogP contribution in [0.5, 0.6) is 0 Å². The van der Waals surface area contributed by atoms with E-state index in [1.165, 1.54) is 0 Å². The Hall–Kier alpha value is -3.95. The van der Waals surface area contributed by atoms with Gasteiger partial charge in [0.25, 0.3) is 11.8 Å². The van der Waals surface area contributed by atoms with E-state index < -0.39 is 11.4 Å². The highest BCUT2D eigenvalue weighted by Crippen LogP contribution is 2.24. The highest BCUT2D eigenvalue weighted by atomic mass is 32.2. The summed E-state index contributed by atoms with van der Waals surface area (Å²) in [6, 6.07) is 21.2. The van der Waals surface area contributed by atoms with Gasteiger partial charge < -0.3 is 14.8 Å². The van der Waals surface area contributed by atoms with Gasteiger partial charge in [0, 0.05) is 36.4 Å². The molecule has 3 heterocycles. The first-order valence-electron chi connectivity index (χ1n) is 10.7. The zero-order chi connectivity index (χ0) is 23.5. The molecule has 1 fully saturated rings. The lowest BCUT2D eigenvalue weighted by molar-refractivity contribution is 0.0541. The standard InChI is InChI=1S/C25H21N5O3S/c31-24(22-7-1-2-13-26-22)28-19-15-30(16-19)25(32)18-9-11-20(12-10-18)34(33)29-21-8-3-5-17-6-4-14-27-23(17)21/h1-14,19,29H,15-16H2,(H,28,31). The molecule has 1 aliphatic heterocycles. The molecule has 34 heavy (non-hydrogen) atoms. The minimum absolute atomic E-state index is 0.108. The second-order valence-electron chi connectivity index (χ2n) is 7.87. The normalized spacial score (nSPS) is 14.3. The molecule has 8 nitrogen and oxygen atoms in total. The van der Waals surface area contributed by atoms with E-state index in [9.17, 15) is 14.1 Å². The number of anilines is 1. The third-order valence-electron chi connectivity index (χ3n) is 5.55. The Kier molecular flexibility index (Phi) is 6.11. The minimum Gasteiger partial charge on any atom is -0.588 e. The Morgan fingerprint density at radius 3 is 2.44 bits per heavy atom. The van der Waals surface area contributed by atoms with E-state index in [1.807, 2.05) is 30.3 Å². The fraction of sp³-hybridized carbons (Fsp3) is 0.120. The molecule has 5 rings (SSSR count). The van der Waals surface area contributed by atoms with Crippen molar-refractivity contribution in [1.82, 2.24) is 20.2 Å². The summed E-state index contributed by atoms with van der Waals surface area (Å²) >= 11 is -1.51. The monoisotopic (exact) mass is 471 g/mol. The van der Waals surface area contributed by atoms with Gasteiger partial charge in [-0.2, -0.15) is 0 Å². The molecule has 4 aromatic rings. The molecule has 0 saturated carbocycles. The Labute approximate surface area is 199 Å². The minimum atomic E-state index is -1.51. The molecular formula is C25H21N5O3S. The zero-order valence-electron chi connectivity index (χ0n) is 18.0. The summed E-state index contributed by atoms with van der Waals surface area (Å²) in [5, 5.41) is 3.83. The van der Waals surface area contributed by atoms with Gasteiger partial charge in [0.15, 0.2) is 4.90 Å².